The Bertz CT molecular complexity index is 874. The molecule has 0 unspecified atom stereocenters. The van der Waals surface area contributed by atoms with E-state index in [1.54, 1.807) is 0 Å². The van der Waals surface area contributed by atoms with Gasteiger partial charge in [-0.1, -0.05) is 24.6 Å². The number of nitriles is 1. The number of hydrogen-bond acceptors (Lipinski definition) is 3. The Hall–Kier alpha value is -2.58. The first-order valence-electron chi connectivity index (χ1n) is 8.27. The molecule has 26 heavy (non-hydrogen) atoms. The van der Waals surface area contributed by atoms with Crippen molar-refractivity contribution in [1.29, 1.82) is 5.26 Å². The smallest absolute Gasteiger partial charge is 0.349 e. The molecule has 0 fully saturated rings. The van der Waals surface area contributed by atoms with E-state index in [1.807, 2.05) is 26.0 Å². The van der Waals surface area contributed by atoms with Gasteiger partial charge in [0, 0.05) is 23.5 Å². The maximum atomic E-state index is 13.7. The van der Waals surface area contributed by atoms with Crippen molar-refractivity contribution in [2.45, 2.75) is 40.3 Å². The van der Waals surface area contributed by atoms with Gasteiger partial charge in [-0.15, -0.1) is 0 Å². The number of ether oxygens (including phenoxy) is 1. The summed E-state index contributed by atoms with van der Waals surface area (Å²) in [7, 11) is 0. The van der Waals surface area contributed by atoms with E-state index in [1.165, 1.54) is 24.3 Å². The Morgan fingerprint density at radius 3 is 2.77 bits per heavy atom. The summed E-state index contributed by atoms with van der Waals surface area (Å²) in [4.78, 5) is 12.2. The van der Waals surface area contributed by atoms with Crippen LogP contribution in [0.5, 0.6) is 0 Å². The molecule has 0 aliphatic rings. The minimum absolute atomic E-state index is 0.0842. The number of halogens is 2. The van der Waals surface area contributed by atoms with Crippen LogP contribution in [0, 0.1) is 31.0 Å². The molecule has 1 aromatic carbocycles. The molecule has 0 amide bonds. The molecule has 0 spiro atoms. The van der Waals surface area contributed by atoms with Gasteiger partial charge in [0.15, 0.2) is 0 Å². The summed E-state index contributed by atoms with van der Waals surface area (Å²) in [6.45, 7) is 6.53. The standard InChI is InChI=1S/C20H20ClFN2O2/c1-4-8-24-13(2)9-15(14(24)3)10-16(11-23)20(25)26-12-17-18(21)6-5-7-19(17)22/h5-7,9-10H,4,8,12H2,1-3H3/b16-10+. The third-order valence-electron chi connectivity index (χ3n) is 4.11. The van der Waals surface area contributed by atoms with Gasteiger partial charge in [-0.25, -0.2) is 9.18 Å². The molecule has 0 N–H and O–H groups in total. The van der Waals surface area contributed by atoms with Crippen LogP contribution < -0.4 is 0 Å². The van der Waals surface area contributed by atoms with Gasteiger partial charge in [0.25, 0.3) is 0 Å². The fourth-order valence-electron chi connectivity index (χ4n) is 2.72. The van der Waals surface area contributed by atoms with Crippen molar-refractivity contribution in [2.24, 2.45) is 0 Å². The highest BCUT2D eigenvalue weighted by atomic mass is 35.5. The first-order chi connectivity index (χ1) is 12.4. The number of benzene rings is 1. The summed E-state index contributed by atoms with van der Waals surface area (Å²) in [5, 5.41) is 9.48. The van der Waals surface area contributed by atoms with Crippen molar-refractivity contribution < 1.29 is 13.9 Å². The summed E-state index contributed by atoms with van der Waals surface area (Å²) in [5.41, 5.74) is 2.75. The largest absolute Gasteiger partial charge is 0.457 e. The minimum atomic E-state index is -0.813. The van der Waals surface area contributed by atoms with Crippen molar-refractivity contribution >= 4 is 23.6 Å². The third-order valence-corrected chi connectivity index (χ3v) is 4.46. The molecule has 6 heteroatoms. The SMILES string of the molecule is CCCn1c(C)cc(/C=C(\C#N)C(=O)OCc2c(F)cccc2Cl)c1C. The Morgan fingerprint density at radius 2 is 2.15 bits per heavy atom. The zero-order chi connectivity index (χ0) is 19.3. The van der Waals surface area contributed by atoms with Crippen LogP contribution in [0.1, 0.15) is 35.9 Å². The molecule has 0 atom stereocenters. The number of aromatic nitrogens is 1. The Labute approximate surface area is 157 Å². The Balaban J connectivity index is 2.20. The summed E-state index contributed by atoms with van der Waals surface area (Å²) >= 11 is 5.91. The van der Waals surface area contributed by atoms with Crippen LogP contribution in [0.4, 0.5) is 4.39 Å². The van der Waals surface area contributed by atoms with Crippen LogP contribution >= 0.6 is 11.6 Å². The average Bonchev–Trinajstić information content (AvgIpc) is 2.86. The molecule has 0 bridgehead atoms. The average molecular weight is 375 g/mol. The number of esters is 1. The second kappa shape index (κ2) is 8.68. The summed E-state index contributed by atoms with van der Waals surface area (Å²) in [6, 6.07) is 7.99. The molecular formula is C20H20ClFN2O2. The normalized spacial score (nSPS) is 11.3. The maximum Gasteiger partial charge on any atom is 0.349 e. The number of nitrogens with zero attached hydrogens (tertiary/aromatic N) is 2. The molecule has 2 rings (SSSR count). The van der Waals surface area contributed by atoms with Crippen LogP contribution in [-0.2, 0) is 22.7 Å². The molecule has 0 saturated carbocycles. The fraction of sp³-hybridized carbons (Fsp3) is 0.300. The summed E-state index contributed by atoms with van der Waals surface area (Å²) in [5.74, 6) is -1.37. The molecule has 0 saturated heterocycles. The van der Waals surface area contributed by atoms with Gasteiger partial charge in [0.05, 0.1) is 5.02 Å². The lowest BCUT2D eigenvalue weighted by molar-refractivity contribution is -0.139. The second-order valence-corrected chi connectivity index (χ2v) is 6.33. The topological polar surface area (TPSA) is 55.0 Å². The molecule has 0 aliphatic carbocycles. The number of aryl methyl sites for hydroxylation is 1. The van der Waals surface area contributed by atoms with Crippen molar-refractivity contribution in [2.75, 3.05) is 0 Å². The van der Waals surface area contributed by atoms with Crippen LogP contribution in [0.3, 0.4) is 0 Å². The molecular weight excluding hydrogens is 355 g/mol. The lowest BCUT2D eigenvalue weighted by Gasteiger charge is -2.08. The quantitative estimate of drug-likeness (QED) is 0.408. The van der Waals surface area contributed by atoms with Crippen molar-refractivity contribution in [1.82, 2.24) is 4.57 Å². The zero-order valence-electron chi connectivity index (χ0n) is 15.0. The monoisotopic (exact) mass is 374 g/mol. The van der Waals surface area contributed by atoms with Crippen LogP contribution in [0.2, 0.25) is 5.02 Å². The lowest BCUT2D eigenvalue weighted by atomic mass is 10.1. The van der Waals surface area contributed by atoms with Gasteiger partial charge in [-0.05, 0) is 50.1 Å². The van der Waals surface area contributed by atoms with E-state index in [9.17, 15) is 14.4 Å². The fourth-order valence-corrected chi connectivity index (χ4v) is 2.94. The van der Waals surface area contributed by atoms with Gasteiger partial charge < -0.3 is 9.30 Å². The third kappa shape index (κ3) is 4.33. The first-order valence-corrected chi connectivity index (χ1v) is 8.65. The van der Waals surface area contributed by atoms with Crippen LogP contribution in [0.15, 0.2) is 29.8 Å². The predicted molar refractivity (Wildman–Crippen MR) is 99.0 cm³/mol. The van der Waals surface area contributed by atoms with E-state index in [4.69, 9.17) is 16.3 Å². The van der Waals surface area contributed by atoms with Gasteiger partial charge in [-0.3, -0.25) is 0 Å². The van der Waals surface area contributed by atoms with Gasteiger partial charge in [-0.2, -0.15) is 5.26 Å². The van der Waals surface area contributed by atoms with Crippen molar-refractivity contribution in [3.05, 3.63) is 63.2 Å². The van der Waals surface area contributed by atoms with E-state index in [0.717, 1.165) is 29.9 Å². The number of hydrogen-bond donors (Lipinski definition) is 0. The van der Waals surface area contributed by atoms with E-state index < -0.39 is 11.8 Å². The lowest BCUT2D eigenvalue weighted by Crippen LogP contribution is -2.08. The number of rotatable bonds is 6. The summed E-state index contributed by atoms with van der Waals surface area (Å²) < 4.78 is 21.0. The highest BCUT2D eigenvalue weighted by Gasteiger charge is 2.16. The molecule has 1 aromatic heterocycles. The first kappa shape index (κ1) is 19.7. The Morgan fingerprint density at radius 1 is 1.42 bits per heavy atom. The summed E-state index contributed by atoms with van der Waals surface area (Å²) in [6.07, 6.45) is 2.48. The minimum Gasteiger partial charge on any atom is -0.457 e. The molecule has 136 valence electrons. The van der Waals surface area contributed by atoms with Gasteiger partial charge in [0.2, 0.25) is 0 Å². The van der Waals surface area contributed by atoms with Gasteiger partial charge in [0.1, 0.15) is 24.1 Å². The van der Waals surface area contributed by atoms with E-state index in [0.29, 0.717) is 0 Å². The molecule has 1 heterocycles. The highest BCUT2D eigenvalue weighted by molar-refractivity contribution is 6.31. The van der Waals surface area contributed by atoms with Gasteiger partial charge >= 0.3 is 5.97 Å². The van der Waals surface area contributed by atoms with Crippen LogP contribution in [0.25, 0.3) is 6.08 Å². The Kier molecular flexibility index (Phi) is 6.59. The molecule has 2 aromatic rings. The van der Waals surface area contributed by atoms with E-state index in [-0.39, 0.29) is 22.8 Å². The molecule has 0 radical (unpaired) electrons. The molecule has 0 aliphatic heterocycles. The second-order valence-electron chi connectivity index (χ2n) is 5.92. The molecule has 4 nitrogen and oxygen atoms in total. The van der Waals surface area contributed by atoms with E-state index >= 15 is 0 Å². The van der Waals surface area contributed by atoms with Crippen LogP contribution in [-0.4, -0.2) is 10.5 Å². The number of carbonyl (C=O) groups is 1. The number of carbonyl (C=O) groups excluding carboxylic acids is 1. The zero-order valence-corrected chi connectivity index (χ0v) is 15.7. The van der Waals surface area contributed by atoms with Crippen molar-refractivity contribution in [3.8, 4) is 6.07 Å². The van der Waals surface area contributed by atoms with E-state index in [2.05, 4.69) is 11.5 Å². The van der Waals surface area contributed by atoms with Crippen molar-refractivity contribution in [3.63, 3.8) is 0 Å². The maximum absolute atomic E-state index is 13.7. The predicted octanol–water partition coefficient (Wildman–Crippen LogP) is 4.96. The highest BCUT2D eigenvalue weighted by Crippen LogP contribution is 2.22.